The number of nitrogens with zero attached hydrogens (tertiary/aromatic N) is 3. The molecule has 0 saturated carbocycles. The Morgan fingerprint density at radius 1 is 1.21 bits per heavy atom. The Morgan fingerprint density at radius 3 is 2.40 bits per heavy atom. The summed E-state index contributed by atoms with van der Waals surface area (Å²) in [6.45, 7) is 15.4. The number of aliphatic imine (C=N–C) groups is 1. The third kappa shape index (κ3) is 7.46. The molecule has 3 atom stereocenters. The van der Waals surface area contributed by atoms with Gasteiger partial charge < -0.3 is 14.9 Å². The average Bonchev–Trinajstić information content (AvgIpc) is 3.04. The summed E-state index contributed by atoms with van der Waals surface area (Å²) in [6.07, 6.45) is 2.64. The molecule has 0 fully saturated rings. The van der Waals surface area contributed by atoms with E-state index < -0.39 is 11.7 Å². The molecule has 2 aromatic carbocycles. The van der Waals surface area contributed by atoms with E-state index in [1.54, 1.807) is 26.0 Å². The minimum atomic E-state index is -0.599. The highest BCUT2D eigenvalue weighted by atomic mass is 16.6. The standard InChI is InChI=1S/C34H46N4O4/c1-11-21(2)20-36-31-23(4)28(25-13-16-26(17-14-25)37(9)33(40)42-34(6,7)8)19-30(39)38(32(31)24(5)35)27-15-12-22(3)29(18-27)41-10/h12-18,20-21,23,28,35H,11,19H2,1-10H3. The van der Waals surface area contributed by atoms with Crippen LogP contribution < -0.4 is 14.5 Å². The number of methoxy groups -OCH3 is 1. The molecule has 0 radical (unpaired) electrons. The van der Waals surface area contributed by atoms with E-state index in [2.05, 4.69) is 20.8 Å². The van der Waals surface area contributed by atoms with Gasteiger partial charge in [-0.1, -0.05) is 39.0 Å². The topological polar surface area (TPSA) is 95.3 Å². The number of carbonyl (C=O) groups excluding carboxylic acids is 2. The highest BCUT2D eigenvalue weighted by Crippen LogP contribution is 2.42. The lowest BCUT2D eigenvalue weighted by Crippen LogP contribution is -2.34. The molecule has 8 heteroatoms. The van der Waals surface area contributed by atoms with Crippen molar-refractivity contribution in [2.24, 2.45) is 16.8 Å². The first kappa shape index (κ1) is 32.6. The minimum Gasteiger partial charge on any atom is -0.496 e. The molecule has 3 rings (SSSR count). The Kier molecular flexibility index (Phi) is 10.4. The minimum absolute atomic E-state index is 0.122. The van der Waals surface area contributed by atoms with Crippen molar-refractivity contribution in [3.8, 4) is 5.75 Å². The summed E-state index contributed by atoms with van der Waals surface area (Å²) in [4.78, 5) is 34.8. The van der Waals surface area contributed by atoms with Crippen molar-refractivity contribution in [3.63, 3.8) is 0 Å². The number of benzene rings is 2. The van der Waals surface area contributed by atoms with E-state index in [-0.39, 0.29) is 35.8 Å². The zero-order chi connectivity index (χ0) is 31.4. The van der Waals surface area contributed by atoms with Gasteiger partial charge in [-0.2, -0.15) is 0 Å². The molecule has 0 spiro atoms. The summed E-state index contributed by atoms with van der Waals surface area (Å²) in [6, 6.07) is 13.3. The predicted octanol–water partition coefficient (Wildman–Crippen LogP) is 7.90. The number of allylic oxidation sites excluding steroid dienone is 2. The van der Waals surface area contributed by atoms with Crippen molar-refractivity contribution in [3.05, 3.63) is 65.0 Å². The van der Waals surface area contributed by atoms with Gasteiger partial charge in [0.1, 0.15) is 11.4 Å². The molecule has 2 amide bonds. The maximum Gasteiger partial charge on any atom is 0.414 e. The van der Waals surface area contributed by atoms with Crippen LogP contribution in [0.1, 0.15) is 78.4 Å². The third-order valence-electron chi connectivity index (χ3n) is 7.64. The molecule has 0 bridgehead atoms. The Morgan fingerprint density at radius 2 is 1.86 bits per heavy atom. The first-order chi connectivity index (χ1) is 19.7. The Hall–Kier alpha value is -3.94. The summed E-state index contributed by atoms with van der Waals surface area (Å²) in [5, 5.41) is 8.79. The lowest BCUT2D eigenvalue weighted by molar-refractivity contribution is -0.118. The van der Waals surface area contributed by atoms with Crippen LogP contribution in [-0.2, 0) is 9.53 Å². The fraction of sp³-hybridized carbons (Fsp3) is 0.471. The summed E-state index contributed by atoms with van der Waals surface area (Å²) in [7, 11) is 3.29. The molecule has 226 valence electrons. The van der Waals surface area contributed by atoms with Crippen LogP contribution in [-0.4, -0.2) is 43.7 Å². The lowest BCUT2D eigenvalue weighted by atomic mass is 9.82. The maximum atomic E-state index is 14.1. The van der Waals surface area contributed by atoms with Crippen LogP contribution in [0.4, 0.5) is 16.2 Å². The highest BCUT2D eigenvalue weighted by molar-refractivity contribution is 6.11. The van der Waals surface area contributed by atoms with Crippen molar-refractivity contribution >= 4 is 35.3 Å². The lowest BCUT2D eigenvalue weighted by Gasteiger charge is -2.26. The summed E-state index contributed by atoms with van der Waals surface area (Å²) in [5.41, 5.74) is 4.11. The van der Waals surface area contributed by atoms with Crippen LogP contribution in [0.5, 0.6) is 5.75 Å². The van der Waals surface area contributed by atoms with Crippen LogP contribution >= 0.6 is 0 Å². The van der Waals surface area contributed by atoms with Gasteiger partial charge in [-0.3, -0.25) is 19.6 Å². The van der Waals surface area contributed by atoms with E-state index in [9.17, 15) is 9.59 Å². The van der Waals surface area contributed by atoms with Gasteiger partial charge in [-0.15, -0.1) is 0 Å². The third-order valence-corrected chi connectivity index (χ3v) is 7.64. The molecule has 0 saturated heterocycles. The SMILES string of the molecule is CCC(C)C=NC1=C(C(C)=N)N(c2ccc(C)c(OC)c2)C(=O)CC(c2ccc(N(C)C(=O)OC(C)(C)C)cc2)C1C. The number of anilines is 2. The monoisotopic (exact) mass is 574 g/mol. The molecule has 8 nitrogen and oxygen atoms in total. The van der Waals surface area contributed by atoms with Gasteiger partial charge in [-0.05, 0) is 76.3 Å². The quantitative estimate of drug-likeness (QED) is 0.324. The zero-order valence-corrected chi connectivity index (χ0v) is 26.7. The molecule has 1 heterocycles. The number of rotatable bonds is 8. The summed E-state index contributed by atoms with van der Waals surface area (Å²) < 4.78 is 11.1. The largest absolute Gasteiger partial charge is 0.496 e. The average molecular weight is 575 g/mol. The number of carbonyl (C=O) groups is 2. The summed E-state index contributed by atoms with van der Waals surface area (Å²) in [5.74, 6) is 0.420. The smallest absolute Gasteiger partial charge is 0.414 e. The first-order valence-corrected chi connectivity index (χ1v) is 14.6. The van der Waals surface area contributed by atoms with Crippen molar-refractivity contribution in [1.82, 2.24) is 0 Å². The zero-order valence-electron chi connectivity index (χ0n) is 26.7. The number of aryl methyl sites for hydroxylation is 1. The number of hydrogen-bond acceptors (Lipinski definition) is 6. The van der Waals surface area contributed by atoms with Crippen molar-refractivity contribution in [1.29, 1.82) is 5.41 Å². The Labute approximate surface area is 250 Å². The second-order valence-electron chi connectivity index (χ2n) is 12.1. The van der Waals surface area contributed by atoms with Crippen LogP contribution in [0.15, 0.2) is 58.9 Å². The molecule has 3 unspecified atom stereocenters. The summed E-state index contributed by atoms with van der Waals surface area (Å²) >= 11 is 0. The van der Waals surface area contributed by atoms with Gasteiger partial charge in [0.2, 0.25) is 5.91 Å². The van der Waals surface area contributed by atoms with Crippen LogP contribution in [0.25, 0.3) is 0 Å². The van der Waals surface area contributed by atoms with Gasteiger partial charge in [0.05, 0.1) is 29.9 Å². The van der Waals surface area contributed by atoms with Crippen molar-refractivity contribution in [2.75, 3.05) is 24.0 Å². The van der Waals surface area contributed by atoms with Gasteiger partial charge in [0.25, 0.3) is 0 Å². The van der Waals surface area contributed by atoms with Gasteiger partial charge in [0.15, 0.2) is 0 Å². The van der Waals surface area contributed by atoms with Gasteiger partial charge >= 0.3 is 6.09 Å². The van der Waals surface area contributed by atoms with Crippen LogP contribution in [0.2, 0.25) is 0 Å². The molecule has 42 heavy (non-hydrogen) atoms. The van der Waals surface area contributed by atoms with E-state index >= 15 is 0 Å². The number of amides is 2. The van der Waals surface area contributed by atoms with E-state index in [0.717, 1.165) is 17.5 Å². The molecule has 0 aliphatic carbocycles. The second kappa shape index (κ2) is 13.4. The second-order valence-corrected chi connectivity index (χ2v) is 12.1. The molecular weight excluding hydrogens is 528 g/mol. The van der Waals surface area contributed by atoms with E-state index in [0.29, 0.717) is 28.5 Å². The molecule has 2 aromatic rings. The number of ether oxygens (including phenoxy) is 2. The highest BCUT2D eigenvalue weighted by Gasteiger charge is 2.37. The van der Waals surface area contributed by atoms with Gasteiger partial charge in [-0.25, -0.2) is 4.79 Å². The molecule has 1 aliphatic heterocycles. The van der Waals surface area contributed by atoms with E-state index in [1.807, 2.05) is 76.4 Å². The fourth-order valence-corrected chi connectivity index (χ4v) is 4.96. The van der Waals surface area contributed by atoms with Crippen LogP contribution in [0.3, 0.4) is 0 Å². The van der Waals surface area contributed by atoms with Gasteiger partial charge in [0, 0.05) is 43.3 Å². The normalized spacial score (nSPS) is 18.6. The van der Waals surface area contributed by atoms with E-state index in [4.69, 9.17) is 19.9 Å². The molecule has 0 aromatic heterocycles. The van der Waals surface area contributed by atoms with Crippen molar-refractivity contribution in [2.45, 2.75) is 79.8 Å². The number of nitrogens with one attached hydrogen (secondary N) is 1. The fourth-order valence-electron chi connectivity index (χ4n) is 4.96. The Bertz CT molecular complexity index is 1370. The first-order valence-electron chi connectivity index (χ1n) is 14.6. The van der Waals surface area contributed by atoms with Crippen LogP contribution in [0, 0.1) is 24.2 Å². The predicted molar refractivity (Wildman–Crippen MR) is 171 cm³/mol. The van der Waals surface area contributed by atoms with Crippen molar-refractivity contribution < 1.29 is 19.1 Å². The molecule has 1 aliphatic rings. The Balaban J connectivity index is 2.12. The molecular formula is C34H46N4O4. The maximum absolute atomic E-state index is 14.1. The molecule has 1 N–H and O–H groups in total. The number of hydrogen-bond donors (Lipinski definition) is 1. The van der Waals surface area contributed by atoms with E-state index in [1.165, 1.54) is 4.90 Å².